The number of hydrogen-bond donors (Lipinski definition) is 3. The van der Waals surface area contributed by atoms with Gasteiger partial charge in [-0.1, -0.05) is 35.5 Å². The van der Waals surface area contributed by atoms with Crippen molar-refractivity contribution in [2.24, 2.45) is 0 Å². The van der Waals surface area contributed by atoms with Crippen LogP contribution in [0.4, 0.5) is 0 Å². The molecule has 2 heterocycles. The molecule has 0 saturated carbocycles. The van der Waals surface area contributed by atoms with Crippen LogP contribution in [0.3, 0.4) is 0 Å². The molecule has 3 N–H and O–H groups in total. The molecular weight excluding hydrogens is 302 g/mol. The average molecular weight is 319 g/mol. The molecular formula is C15H17N3O3S. The van der Waals surface area contributed by atoms with Crippen LogP contribution in [-0.4, -0.2) is 33.3 Å². The molecule has 6 nitrogen and oxygen atoms in total. The summed E-state index contributed by atoms with van der Waals surface area (Å²) in [5, 5.41) is 16.2. The topological polar surface area (TPSA) is 87.4 Å². The lowest BCUT2D eigenvalue weighted by molar-refractivity contribution is -0.135. The van der Waals surface area contributed by atoms with Crippen LogP contribution in [0.5, 0.6) is 0 Å². The second kappa shape index (κ2) is 6.51. The smallest absolute Gasteiger partial charge is 0.264 e. The lowest BCUT2D eigenvalue weighted by Gasteiger charge is -2.26. The van der Waals surface area contributed by atoms with Gasteiger partial charge in [-0.05, 0) is 12.2 Å². The first kappa shape index (κ1) is 15.1. The first-order valence-electron chi connectivity index (χ1n) is 7.02. The minimum absolute atomic E-state index is 0.399. The highest BCUT2D eigenvalue weighted by molar-refractivity contribution is 7.99. The molecule has 2 aromatic rings. The van der Waals surface area contributed by atoms with E-state index in [1.54, 1.807) is 17.2 Å². The normalized spacial score (nSPS) is 21.0. The van der Waals surface area contributed by atoms with Crippen LogP contribution in [0.15, 0.2) is 40.9 Å². The molecule has 0 radical (unpaired) electrons. The number of carbonyl (C=O) groups excluding carboxylic acids is 1. The maximum atomic E-state index is 11.9. The molecule has 7 heteroatoms. The lowest BCUT2D eigenvalue weighted by atomic mass is 9.98. The largest absolute Gasteiger partial charge is 0.356 e. The quantitative estimate of drug-likeness (QED) is 0.575. The Morgan fingerprint density at radius 1 is 1.41 bits per heavy atom. The van der Waals surface area contributed by atoms with E-state index in [9.17, 15) is 4.79 Å². The summed E-state index contributed by atoms with van der Waals surface area (Å²) in [4.78, 5) is 11.9. The zero-order valence-corrected chi connectivity index (χ0v) is 12.7. The van der Waals surface area contributed by atoms with Gasteiger partial charge in [0.2, 0.25) is 0 Å². The van der Waals surface area contributed by atoms with Crippen LogP contribution < -0.4 is 10.8 Å². The number of nitrogens with one attached hydrogen (secondary N) is 2. The van der Waals surface area contributed by atoms with Gasteiger partial charge in [-0.3, -0.25) is 15.3 Å². The Morgan fingerprint density at radius 2 is 2.23 bits per heavy atom. The summed E-state index contributed by atoms with van der Waals surface area (Å²) in [6.07, 6.45) is 0.674. The molecule has 116 valence electrons. The number of amides is 1. The van der Waals surface area contributed by atoms with Crippen LogP contribution >= 0.6 is 11.8 Å². The summed E-state index contributed by atoms with van der Waals surface area (Å²) in [5.41, 5.74) is 2.69. The fraction of sp³-hybridized carbons (Fsp3) is 0.333. The number of nitrogens with zero attached hydrogens (tertiary/aromatic N) is 1. The van der Waals surface area contributed by atoms with Crippen molar-refractivity contribution in [3.8, 4) is 11.3 Å². The van der Waals surface area contributed by atoms with Gasteiger partial charge in [0.1, 0.15) is 5.54 Å². The zero-order chi connectivity index (χ0) is 15.4. The van der Waals surface area contributed by atoms with E-state index in [2.05, 4.69) is 10.5 Å². The number of carbonyl (C=O) groups is 1. The molecule has 0 spiro atoms. The predicted molar refractivity (Wildman–Crippen MR) is 83.4 cm³/mol. The third-order valence-electron chi connectivity index (χ3n) is 3.78. The summed E-state index contributed by atoms with van der Waals surface area (Å²) < 4.78 is 5.34. The van der Waals surface area contributed by atoms with Crippen molar-refractivity contribution in [3.63, 3.8) is 0 Å². The third kappa shape index (κ3) is 3.01. The molecule has 0 bridgehead atoms. The van der Waals surface area contributed by atoms with Crippen molar-refractivity contribution in [1.29, 1.82) is 0 Å². The fourth-order valence-corrected chi connectivity index (χ4v) is 3.83. The Labute approximate surface area is 132 Å². The van der Waals surface area contributed by atoms with Crippen LogP contribution in [0, 0.1) is 0 Å². The van der Waals surface area contributed by atoms with E-state index in [0.717, 1.165) is 17.0 Å². The van der Waals surface area contributed by atoms with E-state index < -0.39 is 11.4 Å². The molecule has 0 aliphatic carbocycles. The highest BCUT2D eigenvalue weighted by Gasteiger charge is 2.41. The molecule has 1 unspecified atom stereocenters. The molecule has 1 aliphatic rings. The number of thioether (sulfide) groups is 1. The van der Waals surface area contributed by atoms with E-state index in [0.29, 0.717) is 24.5 Å². The highest BCUT2D eigenvalue weighted by Crippen LogP contribution is 2.29. The van der Waals surface area contributed by atoms with Gasteiger partial charge in [-0.25, -0.2) is 5.48 Å². The highest BCUT2D eigenvalue weighted by atomic mass is 32.2. The van der Waals surface area contributed by atoms with Crippen LogP contribution in [0.25, 0.3) is 11.3 Å². The molecule has 1 aromatic carbocycles. The molecule has 1 aromatic heterocycles. The standard InChI is InChI=1S/C15H17N3O3S/c19-14(17-20)15(6-7-22-10-15)16-9-12-8-13(21-18-12)11-4-2-1-3-5-11/h1-5,8,16,20H,6-7,9-10H2,(H,17,19). The van der Waals surface area contributed by atoms with E-state index in [-0.39, 0.29) is 0 Å². The lowest BCUT2D eigenvalue weighted by Crippen LogP contribution is -2.56. The van der Waals surface area contributed by atoms with E-state index in [1.807, 2.05) is 36.4 Å². The molecule has 1 saturated heterocycles. The molecule has 1 aliphatic heterocycles. The number of hydrogen-bond acceptors (Lipinski definition) is 6. The number of rotatable bonds is 5. The van der Waals surface area contributed by atoms with Crippen molar-refractivity contribution < 1.29 is 14.5 Å². The maximum Gasteiger partial charge on any atom is 0.264 e. The number of hydroxylamine groups is 1. The van der Waals surface area contributed by atoms with Crippen molar-refractivity contribution in [2.45, 2.75) is 18.5 Å². The van der Waals surface area contributed by atoms with Gasteiger partial charge in [0, 0.05) is 23.9 Å². The van der Waals surface area contributed by atoms with Gasteiger partial charge < -0.3 is 4.52 Å². The molecule has 1 amide bonds. The van der Waals surface area contributed by atoms with Crippen molar-refractivity contribution in [2.75, 3.05) is 11.5 Å². The second-order valence-corrected chi connectivity index (χ2v) is 6.33. The predicted octanol–water partition coefficient (Wildman–Crippen LogP) is 1.81. The second-order valence-electron chi connectivity index (χ2n) is 5.23. The van der Waals surface area contributed by atoms with Crippen molar-refractivity contribution >= 4 is 17.7 Å². The van der Waals surface area contributed by atoms with Gasteiger partial charge in [-0.15, -0.1) is 0 Å². The molecule has 1 atom stereocenters. The maximum absolute atomic E-state index is 11.9. The minimum Gasteiger partial charge on any atom is -0.356 e. The van der Waals surface area contributed by atoms with Gasteiger partial charge >= 0.3 is 0 Å². The summed E-state index contributed by atoms with van der Waals surface area (Å²) in [6.45, 7) is 0.407. The van der Waals surface area contributed by atoms with Gasteiger partial charge in [0.05, 0.1) is 5.69 Å². The monoisotopic (exact) mass is 319 g/mol. The fourth-order valence-electron chi connectivity index (χ4n) is 2.46. The van der Waals surface area contributed by atoms with Crippen LogP contribution in [-0.2, 0) is 11.3 Å². The zero-order valence-electron chi connectivity index (χ0n) is 11.9. The summed E-state index contributed by atoms with van der Waals surface area (Å²) in [6, 6.07) is 11.6. The molecule has 1 fully saturated rings. The van der Waals surface area contributed by atoms with Crippen LogP contribution in [0.1, 0.15) is 12.1 Å². The minimum atomic E-state index is -0.745. The Balaban J connectivity index is 1.69. The first-order valence-corrected chi connectivity index (χ1v) is 8.17. The molecule has 3 rings (SSSR count). The summed E-state index contributed by atoms with van der Waals surface area (Å²) in [7, 11) is 0. The number of aromatic nitrogens is 1. The molecule has 22 heavy (non-hydrogen) atoms. The summed E-state index contributed by atoms with van der Waals surface area (Å²) >= 11 is 1.68. The SMILES string of the molecule is O=C(NO)C1(NCc2cc(-c3ccccc3)on2)CCSC1. The van der Waals surface area contributed by atoms with Crippen molar-refractivity contribution in [3.05, 3.63) is 42.1 Å². The van der Waals surface area contributed by atoms with Gasteiger partial charge in [-0.2, -0.15) is 11.8 Å². The number of benzene rings is 1. The first-order chi connectivity index (χ1) is 10.7. The van der Waals surface area contributed by atoms with E-state index >= 15 is 0 Å². The third-order valence-corrected chi connectivity index (χ3v) is 4.97. The van der Waals surface area contributed by atoms with Gasteiger partial charge in [0.15, 0.2) is 5.76 Å². The Bertz CT molecular complexity index is 638. The average Bonchev–Trinajstić information content (AvgIpc) is 3.23. The Hall–Kier alpha value is -1.83. The van der Waals surface area contributed by atoms with Crippen LogP contribution in [0.2, 0.25) is 0 Å². The Morgan fingerprint density at radius 3 is 2.91 bits per heavy atom. The summed E-state index contributed by atoms with van der Waals surface area (Å²) in [5.74, 6) is 1.81. The van der Waals surface area contributed by atoms with Gasteiger partial charge in [0.25, 0.3) is 5.91 Å². The Kier molecular flexibility index (Phi) is 4.47. The van der Waals surface area contributed by atoms with E-state index in [4.69, 9.17) is 9.73 Å². The van der Waals surface area contributed by atoms with E-state index in [1.165, 1.54) is 0 Å². The van der Waals surface area contributed by atoms with Crippen molar-refractivity contribution in [1.82, 2.24) is 16.0 Å².